The van der Waals surface area contributed by atoms with E-state index in [4.69, 9.17) is 0 Å². The van der Waals surface area contributed by atoms with Crippen LogP contribution in [0, 0.1) is 11.3 Å². The summed E-state index contributed by atoms with van der Waals surface area (Å²) in [6.07, 6.45) is 3.02. The number of carbonyl (C=O) groups is 1. The fourth-order valence-electron chi connectivity index (χ4n) is 1.76. The number of Topliss-reactive ketones (excluding diaryl/α,β-unsaturated/α-hetero) is 1. The van der Waals surface area contributed by atoms with E-state index in [1.807, 2.05) is 20.8 Å². The maximum absolute atomic E-state index is 11.3. The van der Waals surface area contributed by atoms with Crippen molar-refractivity contribution in [1.82, 2.24) is 0 Å². The molecule has 0 radical (unpaired) electrons. The zero-order valence-corrected chi connectivity index (χ0v) is 8.84. The summed E-state index contributed by atoms with van der Waals surface area (Å²) < 4.78 is 0. The van der Waals surface area contributed by atoms with Crippen molar-refractivity contribution in [3.63, 3.8) is 0 Å². The van der Waals surface area contributed by atoms with Crippen LogP contribution in [0.5, 0.6) is 0 Å². The Morgan fingerprint density at radius 2 is 2.15 bits per heavy atom. The second-order valence-electron chi connectivity index (χ2n) is 5.17. The molecule has 0 aromatic carbocycles. The highest BCUT2D eigenvalue weighted by Crippen LogP contribution is 2.31. The number of carbonyl (C=O) groups excluding carboxylic acids is 1. The Hall–Kier alpha value is -0.370. The molecule has 0 heterocycles. The molecule has 76 valence electrons. The first-order chi connectivity index (χ1) is 5.91. The van der Waals surface area contributed by atoms with Crippen LogP contribution in [0.3, 0.4) is 0 Å². The highest BCUT2D eigenvalue weighted by Gasteiger charge is 2.31. The summed E-state index contributed by atoms with van der Waals surface area (Å²) in [5.74, 6) is 0.484. The number of ketones is 1. The zero-order valence-electron chi connectivity index (χ0n) is 8.84. The van der Waals surface area contributed by atoms with Crippen LogP contribution >= 0.6 is 0 Å². The maximum Gasteiger partial charge on any atom is 0.136 e. The van der Waals surface area contributed by atoms with Gasteiger partial charge in [0.1, 0.15) is 5.78 Å². The minimum Gasteiger partial charge on any atom is -0.393 e. The van der Waals surface area contributed by atoms with E-state index in [1.165, 1.54) is 0 Å². The molecule has 1 aliphatic carbocycles. The first kappa shape index (κ1) is 10.7. The largest absolute Gasteiger partial charge is 0.393 e. The SMILES string of the molecule is CC(C)(C)C(O)CC1CCCC1=O. The molecule has 0 aromatic heterocycles. The van der Waals surface area contributed by atoms with E-state index >= 15 is 0 Å². The monoisotopic (exact) mass is 184 g/mol. The number of hydrogen-bond acceptors (Lipinski definition) is 2. The molecule has 0 aromatic rings. The summed E-state index contributed by atoms with van der Waals surface area (Å²) >= 11 is 0. The molecule has 13 heavy (non-hydrogen) atoms. The van der Waals surface area contributed by atoms with Gasteiger partial charge in [0.2, 0.25) is 0 Å². The molecule has 1 aliphatic rings. The average molecular weight is 184 g/mol. The highest BCUT2D eigenvalue weighted by molar-refractivity contribution is 5.82. The third-order valence-corrected chi connectivity index (χ3v) is 2.94. The van der Waals surface area contributed by atoms with Crippen molar-refractivity contribution in [3.05, 3.63) is 0 Å². The third-order valence-electron chi connectivity index (χ3n) is 2.94. The molecule has 1 N–H and O–H groups in total. The molecule has 0 spiro atoms. The molecule has 1 fully saturated rings. The van der Waals surface area contributed by atoms with Crippen molar-refractivity contribution in [2.24, 2.45) is 11.3 Å². The van der Waals surface area contributed by atoms with E-state index in [2.05, 4.69) is 0 Å². The van der Waals surface area contributed by atoms with Crippen molar-refractivity contribution < 1.29 is 9.90 Å². The summed E-state index contributed by atoms with van der Waals surface area (Å²) in [5, 5.41) is 9.81. The summed E-state index contributed by atoms with van der Waals surface area (Å²) in [7, 11) is 0. The lowest BCUT2D eigenvalue weighted by Crippen LogP contribution is -2.29. The molecule has 2 heteroatoms. The second kappa shape index (κ2) is 3.79. The Morgan fingerprint density at radius 1 is 1.54 bits per heavy atom. The predicted molar refractivity (Wildman–Crippen MR) is 52.4 cm³/mol. The summed E-state index contributed by atoms with van der Waals surface area (Å²) in [5.41, 5.74) is -0.0944. The Morgan fingerprint density at radius 3 is 2.54 bits per heavy atom. The van der Waals surface area contributed by atoms with E-state index in [9.17, 15) is 9.90 Å². The van der Waals surface area contributed by atoms with Crippen LogP contribution < -0.4 is 0 Å². The summed E-state index contributed by atoms with van der Waals surface area (Å²) in [6.45, 7) is 6.03. The quantitative estimate of drug-likeness (QED) is 0.714. The van der Waals surface area contributed by atoms with Gasteiger partial charge in [-0.15, -0.1) is 0 Å². The molecule has 2 atom stereocenters. The van der Waals surface area contributed by atoms with Crippen LogP contribution in [0.25, 0.3) is 0 Å². The normalized spacial score (nSPS) is 26.5. The lowest BCUT2D eigenvalue weighted by Gasteiger charge is -2.27. The van der Waals surface area contributed by atoms with Crippen molar-refractivity contribution >= 4 is 5.78 Å². The Labute approximate surface area is 80.3 Å². The van der Waals surface area contributed by atoms with Gasteiger partial charge in [-0.05, 0) is 24.7 Å². The molecule has 1 rings (SSSR count). The summed E-state index contributed by atoms with van der Waals surface area (Å²) in [6, 6.07) is 0. The van der Waals surface area contributed by atoms with Crippen molar-refractivity contribution in [2.45, 2.75) is 52.6 Å². The molecule has 0 aliphatic heterocycles. The standard InChI is InChI=1S/C11H20O2/c1-11(2,3)10(13)7-8-5-4-6-9(8)12/h8,10,13H,4-7H2,1-3H3. The van der Waals surface area contributed by atoms with Gasteiger partial charge >= 0.3 is 0 Å². The van der Waals surface area contributed by atoms with Gasteiger partial charge in [0, 0.05) is 12.3 Å². The molecule has 0 saturated heterocycles. The van der Waals surface area contributed by atoms with Gasteiger partial charge in [0.15, 0.2) is 0 Å². The minimum absolute atomic E-state index is 0.0944. The lowest BCUT2D eigenvalue weighted by molar-refractivity contribution is -0.122. The second-order valence-corrected chi connectivity index (χ2v) is 5.17. The minimum atomic E-state index is -0.348. The number of aliphatic hydroxyl groups is 1. The molecule has 1 saturated carbocycles. The zero-order chi connectivity index (χ0) is 10.1. The van der Waals surface area contributed by atoms with E-state index in [1.54, 1.807) is 0 Å². The van der Waals surface area contributed by atoms with Crippen LogP contribution in [-0.4, -0.2) is 17.0 Å². The third kappa shape index (κ3) is 2.80. The van der Waals surface area contributed by atoms with Gasteiger partial charge in [-0.25, -0.2) is 0 Å². The summed E-state index contributed by atoms with van der Waals surface area (Å²) in [4.78, 5) is 11.3. The van der Waals surface area contributed by atoms with Crippen LogP contribution in [0.1, 0.15) is 46.5 Å². The molecule has 2 unspecified atom stereocenters. The first-order valence-corrected chi connectivity index (χ1v) is 5.12. The van der Waals surface area contributed by atoms with Crippen LogP contribution in [-0.2, 0) is 4.79 Å². The number of rotatable bonds is 2. The Kier molecular flexibility index (Phi) is 3.12. The molecule has 2 nitrogen and oxygen atoms in total. The van der Waals surface area contributed by atoms with Crippen molar-refractivity contribution in [3.8, 4) is 0 Å². The van der Waals surface area contributed by atoms with E-state index < -0.39 is 0 Å². The molecule has 0 bridgehead atoms. The van der Waals surface area contributed by atoms with Gasteiger partial charge in [-0.3, -0.25) is 4.79 Å². The highest BCUT2D eigenvalue weighted by atomic mass is 16.3. The van der Waals surface area contributed by atoms with Crippen LogP contribution in [0.4, 0.5) is 0 Å². The van der Waals surface area contributed by atoms with Crippen molar-refractivity contribution in [2.75, 3.05) is 0 Å². The van der Waals surface area contributed by atoms with E-state index in [-0.39, 0.29) is 17.4 Å². The topological polar surface area (TPSA) is 37.3 Å². The Bertz CT molecular complexity index is 191. The number of aliphatic hydroxyl groups excluding tert-OH is 1. The van der Waals surface area contributed by atoms with Gasteiger partial charge in [0.25, 0.3) is 0 Å². The molecular formula is C11H20O2. The van der Waals surface area contributed by atoms with E-state index in [0.29, 0.717) is 12.2 Å². The first-order valence-electron chi connectivity index (χ1n) is 5.12. The van der Waals surface area contributed by atoms with Gasteiger partial charge < -0.3 is 5.11 Å². The van der Waals surface area contributed by atoms with Crippen LogP contribution in [0.2, 0.25) is 0 Å². The van der Waals surface area contributed by atoms with Crippen LogP contribution in [0.15, 0.2) is 0 Å². The van der Waals surface area contributed by atoms with Gasteiger partial charge in [-0.2, -0.15) is 0 Å². The molecular weight excluding hydrogens is 164 g/mol. The predicted octanol–water partition coefficient (Wildman–Crippen LogP) is 2.15. The Balaban J connectivity index is 2.44. The fraction of sp³-hybridized carbons (Fsp3) is 0.909. The average Bonchev–Trinajstić information content (AvgIpc) is 2.34. The van der Waals surface area contributed by atoms with Gasteiger partial charge in [0.05, 0.1) is 6.10 Å². The lowest BCUT2D eigenvalue weighted by atomic mass is 9.83. The molecule has 0 amide bonds. The van der Waals surface area contributed by atoms with E-state index in [0.717, 1.165) is 19.3 Å². The number of hydrogen-bond donors (Lipinski definition) is 1. The fourth-order valence-corrected chi connectivity index (χ4v) is 1.76. The van der Waals surface area contributed by atoms with Gasteiger partial charge in [-0.1, -0.05) is 20.8 Å². The maximum atomic E-state index is 11.3. The smallest absolute Gasteiger partial charge is 0.136 e. The van der Waals surface area contributed by atoms with Crippen molar-refractivity contribution in [1.29, 1.82) is 0 Å².